The molecule has 0 saturated carbocycles. The molecule has 2 rings (SSSR count). The van der Waals surface area contributed by atoms with E-state index in [0.717, 1.165) is 13.1 Å². The normalized spacial score (nSPS) is 19.1. The van der Waals surface area contributed by atoms with Crippen molar-refractivity contribution in [2.24, 2.45) is 0 Å². The van der Waals surface area contributed by atoms with Crippen molar-refractivity contribution in [1.82, 2.24) is 5.32 Å². The maximum absolute atomic E-state index is 3.69. The predicted octanol–water partition coefficient (Wildman–Crippen LogP) is 3.55. The highest BCUT2D eigenvalue weighted by molar-refractivity contribution is 9.10. The molecule has 1 aliphatic rings. The van der Waals surface area contributed by atoms with Gasteiger partial charge in [0, 0.05) is 29.1 Å². The molecule has 0 spiro atoms. The topological polar surface area (TPSA) is 15.3 Å². The molecule has 0 amide bonds. The van der Waals surface area contributed by atoms with Gasteiger partial charge in [0.2, 0.25) is 0 Å². The van der Waals surface area contributed by atoms with Crippen LogP contribution in [0, 0.1) is 0 Å². The van der Waals surface area contributed by atoms with Crippen LogP contribution in [0.15, 0.2) is 22.7 Å². The van der Waals surface area contributed by atoms with Crippen molar-refractivity contribution < 1.29 is 0 Å². The first-order valence-electron chi connectivity index (χ1n) is 6.20. The lowest BCUT2D eigenvalue weighted by Crippen LogP contribution is -2.48. The van der Waals surface area contributed by atoms with Gasteiger partial charge in [-0.05, 0) is 55.3 Å². The first-order valence-corrected chi connectivity index (χ1v) is 6.99. The number of fused-ring (bicyclic) bond motifs is 1. The second-order valence-corrected chi connectivity index (χ2v) is 6.56. The van der Waals surface area contributed by atoms with E-state index >= 15 is 0 Å². The van der Waals surface area contributed by atoms with E-state index in [-0.39, 0.29) is 5.54 Å². The van der Waals surface area contributed by atoms with E-state index < -0.39 is 0 Å². The van der Waals surface area contributed by atoms with Crippen molar-refractivity contribution in [3.05, 3.63) is 28.2 Å². The molecular formula is C14H21BrN2. The fourth-order valence-electron chi connectivity index (χ4n) is 2.36. The Balaban J connectivity index is 2.50. The summed E-state index contributed by atoms with van der Waals surface area (Å²) in [5, 5.41) is 3.63. The van der Waals surface area contributed by atoms with Crippen LogP contribution in [-0.4, -0.2) is 18.1 Å². The summed E-state index contributed by atoms with van der Waals surface area (Å²) in [7, 11) is 0. The molecular weight excluding hydrogens is 276 g/mol. The summed E-state index contributed by atoms with van der Waals surface area (Å²) in [6.45, 7) is 11.0. The average molecular weight is 297 g/mol. The lowest BCUT2D eigenvalue weighted by molar-refractivity contribution is 0.388. The van der Waals surface area contributed by atoms with E-state index in [1.807, 2.05) is 0 Å². The number of nitrogens with one attached hydrogen (secondary N) is 1. The van der Waals surface area contributed by atoms with Gasteiger partial charge in [0.15, 0.2) is 0 Å². The van der Waals surface area contributed by atoms with Crippen LogP contribution in [0.3, 0.4) is 0 Å². The summed E-state index contributed by atoms with van der Waals surface area (Å²) in [6, 6.07) is 6.96. The molecule has 1 aromatic rings. The largest absolute Gasteiger partial charge is 0.366 e. The van der Waals surface area contributed by atoms with Crippen LogP contribution < -0.4 is 10.2 Å². The van der Waals surface area contributed by atoms with Gasteiger partial charge < -0.3 is 10.2 Å². The summed E-state index contributed by atoms with van der Waals surface area (Å²) < 4.78 is 1.20. The fourth-order valence-corrected chi connectivity index (χ4v) is 3.00. The summed E-state index contributed by atoms with van der Waals surface area (Å²) in [4.78, 5) is 2.49. The summed E-state index contributed by atoms with van der Waals surface area (Å²) >= 11 is 3.69. The van der Waals surface area contributed by atoms with E-state index in [4.69, 9.17) is 0 Å². The molecule has 1 aliphatic heterocycles. The Morgan fingerprint density at radius 1 is 1.35 bits per heavy atom. The van der Waals surface area contributed by atoms with Gasteiger partial charge in [-0.1, -0.05) is 12.1 Å². The third-order valence-electron chi connectivity index (χ3n) is 3.30. The number of anilines is 1. The third kappa shape index (κ3) is 2.66. The average Bonchev–Trinajstić information content (AvgIpc) is 2.37. The highest BCUT2D eigenvalue weighted by Crippen LogP contribution is 2.34. The van der Waals surface area contributed by atoms with Crippen LogP contribution in [-0.2, 0) is 6.54 Å². The van der Waals surface area contributed by atoms with Gasteiger partial charge in [-0.25, -0.2) is 0 Å². The number of para-hydroxylation sites is 1. The molecule has 0 atom stereocenters. The number of nitrogens with zero attached hydrogens (tertiary/aromatic N) is 1. The molecule has 94 valence electrons. The van der Waals surface area contributed by atoms with Crippen molar-refractivity contribution in [2.75, 3.05) is 11.4 Å². The quantitative estimate of drug-likeness (QED) is 0.853. The summed E-state index contributed by atoms with van der Waals surface area (Å²) in [5.74, 6) is 0. The van der Waals surface area contributed by atoms with Crippen LogP contribution >= 0.6 is 15.9 Å². The number of hydrogen-bond acceptors (Lipinski definition) is 2. The molecule has 0 bridgehead atoms. The van der Waals surface area contributed by atoms with Crippen LogP contribution in [0.1, 0.15) is 33.3 Å². The lowest BCUT2D eigenvalue weighted by atomic mass is 10.0. The molecule has 0 unspecified atom stereocenters. The van der Waals surface area contributed by atoms with Crippen molar-refractivity contribution >= 4 is 21.6 Å². The summed E-state index contributed by atoms with van der Waals surface area (Å²) in [6.07, 6.45) is 0. The Kier molecular flexibility index (Phi) is 3.50. The molecule has 0 aliphatic carbocycles. The molecule has 3 heteroatoms. The molecule has 0 saturated heterocycles. The first kappa shape index (κ1) is 12.9. The molecule has 0 aromatic heterocycles. The van der Waals surface area contributed by atoms with Gasteiger partial charge in [0.25, 0.3) is 0 Å². The van der Waals surface area contributed by atoms with Gasteiger partial charge in [-0.15, -0.1) is 0 Å². The van der Waals surface area contributed by atoms with Gasteiger partial charge in [-0.3, -0.25) is 0 Å². The maximum atomic E-state index is 3.69. The molecule has 1 N–H and O–H groups in total. The Hall–Kier alpha value is -0.540. The monoisotopic (exact) mass is 296 g/mol. The first-order chi connectivity index (χ1) is 7.91. The molecule has 0 fully saturated rings. The minimum Gasteiger partial charge on any atom is -0.366 e. The predicted molar refractivity (Wildman–Crippen MR) is 77.5 cm³/mol. The number of rotatable bonds is 1. The van der Waals surface area contributed by atoms with Gasteiger partial charge in [-0.2, -0.15) is 0 Å². The zero-order chi connectivity index (χ0) is 12.6. The second-order valence-electron chi connectivity index (χ2n) is 5.71. The minimum atomic E-state index is 0.142. The lowest BCUT2D eigenvalue weighted by Gasteiger charge is -2.35. The van der Waals surface area contributed by atoms with E-state index in [2.05, 4.69) is 72.0 Å². The highest BCUT2D eigenvalue weighted by Gasteiger charge is 2.29. The molecule has 17 heavy (non-hydrogen) atoms. The van der Waals surface area contributed by atoms with E-state index in [1.54, 1.807) is 0 Å². The van der Waals surface area contributed by atoms with Gasteiger partial charge in [0.05, 0.1) is 5.69 Å². The standard InChI is InChI=1S/C14H21BrN2/c1-10(2)17-9-14(3,4)16-8-11-6-5-7-12(15)13(11)17/h5-7,10,16H,8-9H2,1-4H3. The number of halogens is 1. The molecule has 0 radical (unpaired) electrons. The highest BCUT2D eigenvalue weighted by atomic mass is 79.9. The molecule has 1 heterocycles. The van der Waals surface area contributed by atoms with Crippen LogP contribution in [0.5, 0.6) is 0 Å². The molecule has 1 aromatic carbocycles. The minimum absolute atomic E-state index is 0.142. The Labute approximate surface area is 113 Å². The summed E-state index contributed by atoms with van der Waals surface area (Å²) in [5.41, 5.74) is 2.86. The Morgan fingerprint density at radius 3 is 2.71 bits per heavy atom. The van der Waals surface area contributed by atoms with Crippen LogP contribution in [0.25, 0.3) is 0 Å². The van der Waals surface area contributed by atoms with E-state index in [0.29, 0.717) is 6.04 Å². The Bertz CT molecular complexity index is 413. The number of hydrogen-bond donors (Lipinski definition) is 1. The van der Waals surface area contributed by atoms with E-state index in [1.165, 1.54) is 15.7 Å². The zero-order valence-electron chi connectivity index (χ0n) is 11.0. The van der Waals surface area contributed by atoms with Crippen LogP contribution in [0.2, 0.25) is 0 Å². The second kappa shape index (κ2) is 4.62. The maximum Gasteiger partial charge on any atom is 0.0559 e. The van der Waals surface area contributed by atoms with E-state index in [9.17, 15) is 0 Å². The third-order valence-corrected chi connectivity index (χ3v) is 3.94. The van der Waals surface area contributed by atoms with Gasteiger partial charge in [0.1, 0.15) is 0 Å². The fraction of sp³-hybridized carbons (Fsp3) is 0.571. The smallest absolute Gasteiger partial charge is 0.0559 e. The van der Waals surface area contributed by atoms with Crippen LogP contribution in [0.4, 0.5) is 5.69 Å². The SMILES string of the molecule is CC(C)N1CC(C)(C)NCc2cccc(Br)c21. The Morgan fingerprint density at radius 2 is 2.06 bits per heavy atom. The molecule has 2 nitrogen and oxygen atoms in total. The number of benzene rings is 1. The zero-order valence-corrected chi connectivity index (χ0v) is 12.6. The van der Waals surface area contributed by atoms with Crippen molar-refractivity contribution in [2.45, 2.75) is 45.8 Å². The van der Waals surface area contributed by atoms with Crippen molar-refractivity contribution in [3.8, 4) is 0 Å². The van der Waals surface area contributed by atoms with Gasteiger partial charge >= 0.3 is 0 Å². The van der Waals surface area contributed by atoms with Crippen molar-refractivity contribution in [3.63, 3.8) is 0 Å². The van der Waals surface area contributed by atoms with Crippen molar-refractivity contribution in [1.29, 1.82) is 0 Å².